The van der Waals surface area contributed by atoms with Crippen molar-refractivity contribution in [2.24, 2.45) is 0 Å². The molecule has 0 spiro atoms. The first-order chi connectivity index (χ1) is 36.2. The summed E-state index contributed by atoms with van der Waals surface area (Å²) in [4.78, 5) is 4.99. The standard InChI is InChI=1S/C71H50N2/c1-4-20-49(21-5-1)51-36-40-56(41-37-51)72(58-43-45-62-61-30-14-17-33-66(61)71(67(62)48-58,54-24-6-2-7-25-54)55-26-8-3-9-27-55)68-34-18-15-31-63(68)60-29-13-12-28-59(60)53-39-44-65-64-32-16-19-35-69(64)73(70(65)47-53)57-42-38-50-22-10-11-23-52(50)46-57/h1-31,33-48,64H,32H2. The average molecular weight is 931 g/mol. The van der Waals surface area contributed by atoms with Gasteiger partial charge in [-0.05, 0) is 139 Å². The van der Waals surface area contributed by atoms with Gasteiger partial charge in [0, 0.05) is 34.2 Å². The molecule has 344 valence electrons. The van der Waals surface area contributed by atoms with Crippen molar-refractivity contribution in [2.75, 3.05) is 9.80 Å². The summed E-state index contributed by atoms with van der Waals surface area (Å²) in [5.74, 6) is 0.306. The molecule has 1 heterocycles. The highest BCUT2D eigenvalue weighted by Gasteiger charge is 2.46. The van der Waals surface area contributed by atoms with E-state index in [1.54, 1.807) is 0 Å². The van der Waals surface area contributed by atoms with Crippen molar-refractivity contribution >= 4 is 39.2 Å². The lowest BCUT2D eigenvalue weighted by atomic mass is 9.67. The quantitative estimate of drug-likeness (QED) is 0.142. The molecule has 11 aromatic carbocycles. The summed E-state index contributed by atoms with van der Waals surface area (Å²) < 4.78 is 0. The Kier molecular flexibility index (Phi) is 10.3. The molecule has 2 heteroatoms. The first-order valence-corrected chi connectivity index (χ1v) is 25.5. The second-order valence-electron chi connectivity index (χ2n) is 19.5. The Morgan fingerprint density at radius 1 is 0.397 bits per heavy atom. The van der Waals surface area contributed by atoms with Crippen LogP contribution in [0.15, 0.2) is 291 Å². The number of fused-ring (bicyclic) bond motifs is 7. The zero-order valence-corrected chi connectivity index (χ0v) is 40.3. The van der Waals surface area contributed by atoms with Crippen molar-refractivity contribution in [3.63, 3.8) is 0 Å². The second-order valence-corrected chi connectivity index (χ2v) is 19.5. The lowest BCUT2D eigenvalue weighted by Gasteiger charge is -2.35. The maximum absolute atomic E-state index is 2.51. The predicted molar refractivity (Wildman–Crippen MR) is 305 cm³/mol. The van der Waals surface area contributed by atoms with E-state index in [2.05, 4.69) is 295 Å². The summed E-state index contributed by atoms with van der Waals surface area (Å²) in [6, 6.07) is 98.9. The molecule has 0 N–H and O–H groups in total. The Labute approximate surface area is 427 Å². The van der Waals surface area contributed by atoms with Crippen LogP contribution in [0.4, 0.5) is 28.4 Å². The maximum Gasteiger partial charge on any atom is 0.0714 e. The van der Waals surface area contributed by atoms with Gasteiger partial charge in [-0.1, -0.05) is 231 Å². The molecule has 11 aromatic rings. The molecule has 14 rings (SSSR count). The molecule has 2 nitrogen and oxygen atoms in total. The van der Waals surface area contributed by atoms with Crippen LogP contribution < -0.4 is 9.80 Å². The molecule has 1 unspecified atom stereocenters. The van der Waals surface area contributed by atoms with Gasteiger partial charge in [-0.15, -0.1) is 0 Å². The highest BCUT2D eigenvalue weighted by Crippen LogP contribution is 2.58. The molecule has 73 heavy (non-hydrogen) atoms. The molecule has 3 aliphatic rings. The smallest absolute Gasteiger partial charge is 0.0714 e. The van der Waals surface area contributed by atoms with Crippen LogP contribution in [-0.4, -0.2) is 0 Å². The minimum atomic E-state index is -0.544. The number of anilines is 5. The van der Waals surface area contributed by atoms with Gasteiger partial charge in [-0.2, -0.15) is 0 Å². The van der Waals surface area contributed by atoms with Crippen LogP contribution in [0.1, 0.15) is 40.2 Å². The van der Waals surface area contributed by atoms with Crippen molar-refractivity contribution in [2.45, 2.75) is 17.8 Å². The molecule has 2 aliphatic carbocycles. The first-order valence-electron chi connectivity index (χ1n) is 25.5. The van der Waals surface area contributed by atoms with E-state index in [1.807, 2.05) is 0 Å². The fourth-order valence-corrected chi connectivity index (χ4v) is 12.4. The van der Waals surface area contributed by atoms with Crippen molar-refractivity contribution in [1.29, 1.82) is 0 Å². The van der Waals surface area contributed by atoms with Crippen LogP contribution in [0.3, 0.4) is 0 Å². The highest BCUT2D eigenvalue weighted by atomic mass is 15.2. The summed E-state index contributed by atoms with van der Waals surface area (Å²) >= 11 is 0. The van der Waals surface area contributed by atoms with E-state index < -0.39 is 5.41 Å². The summed E-state index contributed by atoms with van der Waals surface area (Å²) in [7, 11) is 0. The van der Waals surface area contributed by atoms with Gasteiger partial charge < -0.3 is 9.80 Å². The van der Waals surface area contributed by atoms with Crippen LogP contribution in [0.2, 0.25) is 0 Å². The molecular formula is C71H50N2. The molecular weight excluding hydrogens is 881 g/mol. The maximum atomic E-state index is 2.51. The minimum absolute atomic E-state index is 0.306. The summed E-state index contributed by atoms with van der Waals surface area (Å²) in [5, 5.41) is 2.49. The molecule has 0 amide bonds. The summed E-state index contributed by atoms with van der Waals surface area (Å²) in [6.45, 7) is 0. The number of nitrogens with zero attached hydrogens (tertiary/aromatic N) is 2. The van der Waals surface area contributed by atoms with Crippen LogP contribution in [-0.2, 0) is 5.41 Å². The van der Waals surface area contributed by atoms with Crippen LogP contribution in [0, 0.1) is 0 Å². The van der Waals surface area contributed by atoms with Crippen molar-refractivity contribution in [3.8, 4) is 44.5 Å². The van der Waals surface area contributed by atoms with E-state index in [0.717, 1.165) is 29.0 Å². The third-order valence-corrected chi connectivity index (χ3v) is 15.6. The molecule has 1 atom stereocenters. The van der Waals surface area contributed by atoms with Gasteiger partial charge in [0.25, 0.3) is 0 Å². The van der Waals surface area contributed by atoms with E-state index >= 15 is 0 Å². The fourth-order valence-electron chi connectivity index (χ4n) is 12.4. The molecule has 0 bridgehead atoms. The van der Waals surface area contributed by atoms with Gasteiger partial charge in [0.15, 0.2) is 0 Å². The topological polar surface area (TPSA) is 6.48 Å². The zero-order chi connectivity index (χ0) is 48.3. The third-order valence-electron chi connectivity index (χ3n) is 15.6. The van der Waals surface area contributed by atoms with Gasteiger partial charge >= 0.3 is 0 Å². The fraction of sp³-hybridized carbons (Fsp3) is 0.0423. The van der Waals surface area contributed by atoms with E-state index in [0.29, 0.717) is 5.92 Å². The lowest BCUT2D eigenvalue weighted by molar-refractivity contribution is 0.768. The molecule has 0 radical (unpaired) electrons. The van der Waals surface area contributed by atoms with Crippen LogP contribution >= 0.6 is 0 Å². The Hall–Kier alpha value is -9.24. The van der Waals surface area contributed by atoms with Gasteiger partial charge in [0.05, 0.1) is 16.8 Å². The van der Waals surface area contributed by atoms with Gasteiger partial charge in [-0.3, -0.25) is 0 Å². The van der Waals surface area contributed by atoms with Crippen LogP contribution in [0.5, 0.6) is 0 Å². The zero-order valence-electron chi connectivity index (χ0n) is 40.3. The van der Waals surface area contributed by atoms with E-state index in [9.17, 15) is 0 Å². The van der Waals surface area contributed by atoms with Crippen molar-refractivity contribution < 1.29 is 0 Å². The number of benzene rings is 11. The van der Waals surface area contributed by atoms with Crippen molar-refractivity contribution in [1.82, 2.24) is 0 Å². The van der Waals surface area contributed by atoms with Gasteiger partial charge in [0.2, 0.25) is 0 Å². The average Bonchev–Trinajstić information content (AvgIpc) is 4.00. The third kappa shape index (κ3) is 6.94. The summed E-state index contributed by atoms with van der Waals surface area (Å²) in [5.41, 5.74) is 22.5. The normalized spacial score (nSPS) is 14.8. The van der Waals surface area contributed by atoms with E-state index in [-0.39, 0.29) is 0 Å². The molecule has 0 aromatic heterocycles. The highest BCUT2D eigenvalue weighted by molar-refractivity contribution is 5.97. The molecule has 0 saturated carbocycles. The van der Waals surface area contributed by atoms with E-state index in [4.69, 9.17) is 0 Å². The Balaban J connectivity index is 0.956. The minimum Gasteiger partial charge on any atom is -0.313 e. The molecule has 1 aliphatic heterocycles. The number of hydrogen-bond acceptors (Lipinski definition) is 2. The SMILES string of the molecule is C1=CCC2C(=C1)N(c1ccc3ccccc3c1)c1cc(-c3ccccc3-c3ccccc3N(c3ccc(-c4ccccc4)cc3)c3ccc4c(c3)C(c3ccccc3)(c3ccccc3)c3ccccc3-4)ccc12. The van der Waals surface area contributed by atoms with Crippen molar-refractivity contribution in [3.05, 3.63) is 319 Å². The van der Waals surface area contributed by atoms with Gasteiger partial charge in [0.1, 0.15) is 0 Å². The molecule has 0 saturated heterocycles. The Bertz CT molecular complexity index is 3900. The number of allylic oxidation sites excluding steroid dienone is 4. The first kappa shape index (κ1) is 42.6. The predicted octanol–water partition coefficient (Wildman–Crippen LogP) is 18.8. The second kappa shape index (κ2) is 17.6. The number of para-hydroxylation sites is 1. The number of rotatable bonds is 9. The lowest BCUT2D eigenvalue weighted by Crippen LogP contribution is -2.28. The monoisotopic (exact) mass is 930 g/mol. The largest absolute Gasteiger partial charge is 0.313 e. The van der Waals surface area contributed by atoms with Crippen LogP contribution in [0.25, 0.3) is 55.3 Å². The molecule has 0 fully saturated rings. The summed E-state index contributed by atoms with van der Waals surface area (Å²) in [6.07, 6.45) is 7.84. The van der Waals surface area contributed by atoms with E-state index in [1.165, 1.54) is 94.6 Å². The van der Waals surface area contributed by atoms with Gasteiger partial charge in [-0.25, -0.2) is 0 Å². The Morgan fingerprint density at radius 3 is 1.75 bits per heavy atom. The number of hydrogen-bond donors (Lipinski definition) is 0. The Morgan fingerprint density at radius 2 is 0.986 bits per heavy atom.